The predicted octanol–water partition coefficient (Wildman–Crippen LogP) is 1.15. The van der Waals surface area contributed by atoms with Crippen molar-refractivity contribution in [1.82, 2.24) is 5.32 Å². The Bertz CT molecular complexity index is 155. The molecule has 0 fully saturated rings. The van der Waals surface area contributed by atoms with E-state index in [1.165, 1.54) is 0 Å². The first-order chi connectivity index (χ1) is 4.95. The number of alkyl carbamates (subject to hydrolysis) is 1. The molecule has 4 nitrogen and oxygen atoms in total. The van der Waals surface area contributed by atoms with Crippen LogP contribution in [0, 0.1) is 0 Å². The van der Waals surface area contributed by atoms with E-state index in [1.54, 1.807) is 5.32 Å². The molecule has 0 aromatic carbocycles. The number of carbonyl (C=O) groups excluding carboxylic acids is 2. The number of rotatable bonds is 2. The maximum absolute atomic E-state index is 10.3. The monoisotopic (exact) mass is 218 g/mol. The van der Waals surface area contributed by atoms with Crippen LogP contribution in [0.1, 0.15) is 0 Å². The van der Waals surface area contributed by atoms with Crippen LogP contribution in [0.2, 0.25) is 0 Å². The zero-order chi connectivity index (χ0) is 8.91. The first-order valence-electron chi connectivity index (χ1n) is 2.32. The highest BCUT2D eigenvalue weighted by atomic mass is 35.6. The van der Waals surface area contributed by atoms with Crippen molar-refractivity contribution in [3.05, 3.63) is 0 Å². The molecule has 0 aliphatic heterocycles. The summed E-state index contributed by atoms with van der Waals surface area (Å²) in [6, 6.07) is 0. The van der Waals surface area contributed by atoms with Gasteiger partial charge in [-0.05, 0) is 0 Å². The van der Waals surface area contributed by atoms with Crippen molar-refractivity contribution >= 4 is 47.3 Å². The average Bonchev–Trinajstić information content (AvgIpc) is 1.83. The van der Waals surface area contributed by atoms with Crippen molar-refractivity contribution in [2.45, 2.75) is 3.79 Å². The summed E-state index contributed by atoms with van der Waals surface area (Å²) >= 11 is 15.6. The highest BCUT2D eigenvalue weighted by Crippen LogP contribution is 2.25. The first-order valence-corrected chi connectivity index (χ1v) is 3.46. The Labute approximate surface area is 77.7 Å². The van der Waals surface area contributed by atoms with Crippen LogP contribution < -0.4 is 5.32 Å². The molecule has 0 spiro atoms. The van der Waals surface area contributed by atoms with Crippen LogP contribution in [0.3, 0.4) is 0 Å². The van der Waals surface area contributed by atoms with Crippen LogP contribution in [0.5, 0.6) is 0 Å². The van der Waals surface area contributed by atoms with E-state index in [-0.39, 0.29) is 0 Å². The molecule has 0 aliphatic rings. The lowest BCUT2D eigenvalue weighted by Crippen LogP contribution is -2.26. The molecule has 1 radical (unpaired) electrons. The molecule has 0 saturated carbocycles. The van der Waals surface area contributed by atoms with Crippen LogP contribution in [0.15, 0.2) is 0 Å². The van der Waals surface area contributed by atoms with E-state index in [2.05, 4.69) is 4.74 Å². The standard InChI is InChI=1S/C4H3Cl3NO3/c5-4(6,7)1-11-3(10)8-2-9/h1H2,(H,8,9,10). The van der Waals surface area contributed by atoms with E-state index in [0.717, 1.165) is 6.41 Å². The van der Waals surface area contributed by atoms with E-state index in [9.17, 15) is 9.59 Å². The van der Waals surface area contributed by atoms with Crippen molar-refractivity contribution in [3.8, 4) is 0 Å². The van der Waals surface area contributed by atoms with Gasteiger partial charge in [0.2, 0.25) is 3.79 Å². The fourth-order valence-corrected chi connectivity index (χ4v) is 0.389. The second-order valence-electron chi connectivity index (χ2n) is 1.42. The Morgan fingerprint density at radius 1 is 1.55 bits per heavy atom. The minimum absolute atomic E-state index is 0.425. The van der Waals surface area contributed by atoms with Gasteiger partial charge in [0.1, 0.15) is 6.61 Å². The molecule has 0 aliphatic carbocycles. The number of imide groups is 1. The average molecular weight is 219 g/mol. The summed E-state index contributed by atoms with van der Waals surface area (Å²) in [5.74, 6) is 0. The van der Waals surface area contributed by atoms with E-state index in [0.29, 0.717) is 0 Å². The van der Waals surface area contributed by atoms with Gasteiger partial charge in [-0.1, -0.05) is 34.8 Å². The van der Waals surface area contributed by atoms with Gasteiger partial charge in [0.25, 0.3) is 0 Å². The molecule has 1 N–H and O–H groups in total. The van der Waals surface area contributed by atoms with Crippen molar-refractivity contribution in [2.75, 3.05) is 6.61 Å². The Morgan fingerprint density at radius 3 is 2.45 bits per heavy atom. The number of amides is 2. The molecule has 0 aromatic heterocycles. The van der Waals surface area contributed by atoms with Crippen LogP contribution in [-0.4, -0.2) is 22.9 Å². The van der Waals surface area contributed by atoms with Gasteiger partial charge in [-0.2, -0.15) is 0 Å². The van der Waals surface area contributed by atoms with Gasteiger partial charge in [0.05, 0.1) is 0 Å². The molecule has 0 unspecified atom stereocenters. The number of hydrogen-bond donors (Lipinski definition) is 1. The number of carbonyl (C=O) groups is 1. The first kappa shape index (κ1) is 10.8. The molecule has 63 valence electrons. The molecular weight excluding hydrogens is 216 g/mol. The number of nitrogens with one attached hydrogen (secondary N) is 1. The second-order valence-corrected chi connectivity index (χ2v) is 3.93. The predicted molar refractivity (Wildman–Crippen MR) is 40.5 cm³/mol. The quantitative estimate of drug-likeness (QED) is 0.560. The Hall–Kier alpha value is -0.190. The minimum atomic E-state index is -1.67. The van der Waals surface area contributed by atoms with Gasteiger partial charge in [0.15, 0.2) is 0 Å². The molecule has 0 bridgehead atoms. The summed E-state index contributed by atoms with van der Waals surface area (Å²) < 4.78 is 2.57. The fraction of sp³-hybridized carbons (Fsp3) is 0.500. The molecule has 2 amide bonds. The normalized spacial score (nSPS) is 10.5. The minimum Gasteiger partial charge on any atom is -0.445 e. The van der Waals surface area contributed by atoms with E-state index < -0.39 is 16.5 Å². The van der Waals surface area contributed by atoms with Crippen LogP contribution >= 0.6 is 34.8 Å². The lowest BCUT2D eigenvalue weighted by molar-refractivity contribution is 0.153. The smallest absolute Gasteiger partial charge is 0.414 e. The Balaban J connectivity index is 3.54. The fourth-order valence-electron chi connectivity index (χ4n) is 0.225. The third kappa shape index (κ3) is 7.71. The van der Waals surface area contributed by atoms with E-state index in [4.69, 9.17) is 34.8 Å². The van der Waals surface area contributed by atoms with Gasteiger partial charge >= 0.3 is 12.5 Å². The lowest BCUT2D eigenvalue weighted by atomic mass is 10.8. The summed E-state index contributed by atoms with van der Waals surface area (Å²) in [5, 5.41) is 1.58. The maximum Gasteiger partial charge on any atom is 0.414 e. The number of ether oxygens (including phenoxy) is 1. The summed E-state index contributed by atoms with van der Waals surface area (Å²) in [6.45, 7) is -0.425. The maximum atomic E-state index is 10.3. The molecule has 0 rings (SSSR count). The lowest BCUT2D eigenvalue weighted by Gasteiger charge is -2.09. The van der Waals surface area contributed by atoms with Gasteiger partial charge in [-0.25, -0.2) is 4.79 Å². The molecule has 0 saturated heterocycles. The van der Waals surface area contributed by atoms with Crippen LogP contribution in [0.25, 0.3) is 0 Å². The third-order valence-electron chi connectivity index (χ3n) is 0.520. The number of alkyl halides is 3. The Kier molecular flexibility index (Phi) is 4.56. The topological polar surface area (TPSA) is 55.4 Å². The zero-order valence-electron chi connectivity index (χ0n) is 5.07. The van der Waals surface area contributed by atoms with E-state index in [1.807, 2.05) is 0 Å². The largest absolute Gasteiger partial charge is 0.445 e. The van der Waals surface area contributed by atoms with Gasteiger partial charge in [-0.3, -0.25) is 10.1 Å². The van der Waals surface area contributed by atoms with Gasteiger partial charge in [0, 0.05) is 0 Å². The molecule has 0 atom stereocenters. The van der Waals surface area contributed by atoms with E-state index >= 15 is 0 Å². The zero-order valence-corrected chi connectivity index (χ0v) is 7.33. The summed E-state index contributed by atoms with van der Waals surface area (Å²) in [6.07, 6.45) is 0.0919. The van der Waals surface area contributed by atoms with Crippen molar-refractivity contribution in [2.24, 2.45) is 0 Å². The molecular formula is C4H3Cl3NO3. The van der Waals surface area contributed by atoms with Crippen LogP contribution in [-0.2, 0) is 9.53 Å². The van der Waals surface area contributed by atoms with Crippen LogP contribution in [0.4, 0.5) is 4.79 Å². The molecule has 0 aromatic rings. The Morgan fingerprint density at radius 2 is 2.09 bits per heavy atom. The molecule has 7 heteroatoms. The van der Waals surface area contributed by atoms with Crippen molar-refractivity contribution < 1.29 is 14.3 Å². The summed E-state index contributed by atoms with van der Waals surface area (Å²) in [7, 11) is 0. The highest BCUT2D eigenvalue weighted by Gasteiger charge is 2.21. The SMILES string of the molecule is O=[C]NC(=O)OCC(Cl)(Cl)Cl. The highest BCUT2D eigenvalue weighted by molar-refractivity contribution is 6.67. The number of hydrogen-bond acceptors (Lipinski definition) is 3. The summed E-state index contributed by atoms with van der Waals surface area (Å²) in [4.78, 5) is 19.8. The third-order valence-corrected chi connectivity index (χ3v) is 0.847. The molecule has 11 heavy (non-hydrogen) atoms. The number of halogens is 3. The van der Waals surface area contributed by atoms with Gasteiger partial charge < -0.3 is 4.74 Å². The summed E-state index contributed by atoms with van der Waals surface area (Å²) in [5.41, 5.74) is 0. The molecule has 0 heterocycles. The second kappa shape index (κ2) is 4.64. The van der Waals surface area contributed by atoms with Gasteiger partial charge in [-0.15, -0.1) is 0 Å². The van der Waals surface area contributed by atoms with Crippen molar-refractivity contribution in [3.63, 3.8) is 0 Å². The van der Waals surface area contributed by atoms with Crippen molar-refractivity contribution in [1.29, 1.82) is 0 Å².